The fourth-order valence-electron chi connectivity index (χ4n) is 4.58. The van der Waals surface area contributed by atoms with Gasteiger partial charge in [0.1, 0.15) is 5.54 Å². The summed E-state index contributed by atoms with van der Waals surface area (Å²) in [6.07, 6.45) is 1.85. The number of anilines is 1. The second-order valence-corrected chi connectivity index (χ2v) is 8.02. The number of carbonyl (C=O) groups is 2. The monoisotopic (exact) mass is 408 g/mol. The molecule has 2 aromatic rings. The molecule has 0 aromatic heterocycles. The van der Waals surface area contributed by atoms with Crippen LogP contribution in [0.15, 0.2) is 60.7 Å². The van der Waals surface area contributed by atoms with Crippen molar-refractivity contribution >= 4 is 17.6 Å². The molecule has 0 spiro atoms. The highest BCUT2D eigenvalue weighted by Crippen LogP contribution is 2.39. The average Bonchev–Trinajstić information content (AvgIpc) is 2.79. The molecule has 0 aliphatic carbocycles. The predicted molar refractivity (Wildman–Crippen MR) is 119 cm³/mol. The van der Waals surface area contributed by atoms with E-state index in [-0.39, 0.29) is 17.8 Å². The first-order valence-electron chi connectivity index (χ1n) is 10.8. The molecule has 1 aliphatic heterocycles. The fraction of sp³-hybridized carbons (Fsp3) is 0.440. The largest absolute Gasteiger partial charge is 0.467 e. The van der Waals surface area contributed by atoms with Crippen molar-refractivity contribution in [2.45, 2.75) is 38.6 Å². The first-order valence-corrected chi connectivity index (χ1v) is 10.8. The maximum atomic E-state index is 13.2. The molecule has 2 aromatic carbocycles. The summed E-state index contributed by atoms with van der Waals surface area (Å²) >= 11 is 0. The van der Waals surface area contributed by atoms with Gasteiger partial charge in [0.25, 0.3) is 0 Å². The number of hydrogen-bond acceptors (Lipinski definition) is 4. The third-order valence-electron chi connectivity index (χ3n) is 6.22. The number of nitrogens with zero attached hydrogens (tertiary/aromatic N) is 2. The summed E-state index contributed by atoms with van der Waals surface area (Å²) in [7, 11) is 1.41. The lowest BCUT2D eigenvalue weighted by atomic mass is 9.76. The van der Waals surface area contributed by atoms with Crippen molar-refractivity contribution in [1.29, 1.82) is 0 Å². The van der Waals surface area contributed by atoms with E-state index in [4.69, 9.17) is 4.74 Å². The van der Waals surface area contributed by atoms with Gasteiger partial charge in [-0.3, -0.25) is 9.69 Å². The van der Waals surface area contributed by atoms with Gasteiger partial charge in [-0.2, -0.15) is 0 Å². The zero-order valence-corrected chi connectivity index (χ0v) is 18.2. The van der Waals surface area contributed by atoms with Crippen LogP contribution in [-0.4, -0.2) is 49.1 Å². The lowest BCUT2D eigenvalue weighted by molar-refractivity contribution is -0.153. The molecule has 1 fully saturated rings. The van der Waals surface area contributed by atoms with Crippen LogP contribution in [0.3, 0.4) is 0 Å². The number of para-hydroxylation sites is 1. The Balaban J connectivity index is 1.86. The maximum Gasteiger partial charge on any atom is 0.332 e. The third kappa shape index (κ3) is 4.41. The van der Waals surface area contributed by atoms with Crippen LogP contribution in [-0.2, 0) is 20.7 Å². The molecule has 160 valence electrons. The maximum absolute atomic E-state index is 13.2. The smallest absolute Gasteiger partial charge is 0.332 e. The van der Waals surface area contributed by atoms with Crippen LogP contribution in [0.25, 0.3) is 0 Å². The first kappa shape index (κ1) is 22.0. The zero-order chi connectivity index (χ0) is 21.6. The number of benzene rings is 2. The molecule has 0 N–H and O–H groups in total. The molecule has 0 unspecified atom stereocenters. The Morgan fingerprint density at radius 3 is 2.30 bits per heavy atom. The molecule has 5 nitrogen and oxygen atoms in total. The van der Waals surface area contributed by atoms with Crippen molar-refractivity contribution in [3.8, 4) is 0 Å². The predicted octanol–water partition coefficient (Wildman–Crippen LogP) is 3.93. The van der Waals surface area contributed by atoms with Gasteiger partial charge in [0.2, 0.25) is 5.91 Å². The number of ether oxygens (including phenoxy) is 1. The van der Waals surface area contributed by atoms with Gasteiger partial charge < -0.3 is 9.64 Å². The number of hydrogen-bond donors (Lipinski definition) is 0. The van der Waals surface area contributed by atoms with E-state index in [0.29, 0.717) is 12.8 Å². The third-order valence-corrected chi connectivity index (χ3v) is 6.22. The standard InChI is InChI=1S/C25H32N2O3/c1-4-23(28)27(22-13-9-6-10-14-22)25(24(29)30-3)16-18-26(19-20(25)2)17-15-21-11-7-5-8-12-21/h5-14,20H,4,15-19H2,1-3H3/t20-,25-/m0/s1. The highest BCUT2D eigenvalue weighted by molar-refractivity contribution is 6.02. The fourth-order valence-corrected chi connectivity index (χ4v) is 4.58. The number of methoxy groups -OCH3 is 1. The minimum Gasteiger partial charge on any atom is -0.467 e. The topological polar surface area (TPSA) is 49.9 Å². The Kier molecular flexibility index (Phi) is 7.27. The van der Waals surface area contributed by atoms with Gasteiger partial charge in [-0.25, -0.2) is 4.79 Å². The molecule has 1 heterocycles. The minimum atomic E-state index is -0.994. The first-order chi connectivity index (χ1) is 14.5. The van der Waals surface area contributed by atoms with E-state index < -0.39 is 5.54 Å². The summed E-state index contributed by atoms with van der Waals surface area (Å²) in [5, 5.41) is 0. The summed E-state index contributed by atoms with van der Waals surface area (Å²) in [6, 6.07) is 19.9. The van der Waals surface area contributed by atoms with Gasteiger partial charge in [0.15, 0.2) is 0 Å². The summed E-state index contributed by atoms with van der Waals surface area (Å²) in [5.41, 5.74) is 1.06. The lowest BCUT2D eigenvalue weighted by Crippen LogP contribution is -2.67. The number of likely N-dealkylation sites (tertiary alicyclic amines) is 1. The molecule has 1 amide bonds. The van der Waals surface area contributed by atoms with Crippen LogP contribution in [0.1, 0.15) is 32.3 Å². The van der Waals surface area contributed by atoms with E-state index in [1.807, 2.05) is 43.3 Å². The van der Waals surface area contributed by atoms with Crippen LogP contribution in [0.2, 0.25) is 0 Å². The van der Waals surface area contributed by atoms with Gasteiger partial charge in [-0.05, 0) is 30.5 Å². The Morgan fingerprint density at radius 1 is 1.10 bits per heavy atom. The molecule has 2 atom stereocenters. The highest BCUT2D eigenvalue weighted by Gasteiger charge is 2.54. The van der Waals surface area contributed by atoms with E-state index in [1.54, 1.807) is 4.90 Å². The highest BCUT2D eigenvalue weighted by atomic mass is 16.5. The van der Waals surface area contributed by atoms with E-state index in [9.17, 15) is 9.59 Å². The van der Waals surface area contributed by atoms with Crippen LogP contribution in [0.4, 0.5) is 5.69 Å². The van der Waals surface area contributed by atoms with Gasteiger partial charge >= 0.3 is 5.97 Å². The number of piperidine rings is 1. The molecule has 1 aliphatic rings. The van der Waals surface area contributed by atoms with Crippen LogP contribution in [0, 0.1) is 5.92 Å². The molecule has 3 rings (SSSR count). The summed E-state index contributed by atoms with van der Waals surface area (Å²) in [4.78, 5) is 30.4. The van der Waals surface area contributed by atoms with E-state index >= 15 is 0 Å². The molecule has 0 radical (unpaired) electrons. The molecular formula is C25H32N2O3. The Bertz CT molecular complexity index is 840. The SMILES string of the molecule is CCC(=O)N(c1ccccc1)[C@@]1(C(=O)OC)CCN(CCc2ccccc2)C[C@@H]1C. The number of carbonyl (C=O) groups excluding carboxylic acids is 2. The van der Waals surface area contributed by atoms with Gasteiger partial charge in [-0.1, -0.05) is 62.4 Å². The summed E-state index contributed by atoms with van der Waals surface area (Å²) in [5.74, 6) is -0.454. The van der Waals surface area contributed by atoms with Gasteiger partial charge in [0.05, 0.1) is 7.11 Å². The van der Waals surface area contributed by atoms with Gasteiger partial charge in [-0.15, -0.1) is 0 Å². The van der Waals surface area contributed by atoms with E-state index in [2.05, 4.69) is 36.1 Å². The minimum absolute atomic E-state index is 0.0591. The molecule has 5 heteroatoms. The van der Waals surface area contributed by atoms with Crippen molar-refractivity contribution in [1.82, 2.24) is 4.90 Å². The molecule has 1 saturated heterocycles. The Hall–Kier alpha value is -2.66. The van der Waals surface area contributed by atoms with Crippen molar-refractivity contribution < 1.29 is 14.3 Å². The molecule has 0 saturated carbocycles. The van der Waals surface area contributed by atoms with Crippen molar-refractivity contribution in [3.05, 3.63) is 66.2 Å². The number of rotatable bonds is 7. The molecular weight excluding hydrogens is 376 g/mol. The van der Waals surface area contributed by atoms with Crippen LogP contribution >= 0.6 is 0 Å². The summed E-state index contributed by atoms with van der Waals surface area (Å²) < 4.78 is 5.27. The quantitative estimate of drug-likeness (QED) is 0.652. The van der Waals surface area contributed by atoms with E-state index in [1.165, 1.54) is 12.7 Å². The second kappa shape index (κ2) is 9.90. The lowest BCUT2D eigenvalue weighted by Gasteiger charge is -2.50. The number of esters is 1. The average molecular weight is 409 g/mol. The summed E-state index contributed by atoms with van der Waals surface area (Å²) in [6.45, 7) is 6.31. The number of amides is 1. The zero-order valence-electron chi connectivity index (χ0n) is 18.2. The van der Waals surface area contributed by atoms with Crippen molar-refractivity contribution in [2.75, 3.05) is 31.6 Å². The van der Waals surface area contributed by atoms with Crippen LogP contribution in [0.5, 0.6) is 0 Å². The second-order valence-electron chi connectivity index (χ2n) is 8.02. The van der Waals surface area contributed by atoms with Crippen molar-refractivity contribution in [2.24, 2.45) is 5.92 Å². The Morgan fingerprint density at radius 2 is 1.73 bits per heavy atom. The van der Waals surface area contributed by atoms with Crippen molar-refractivity contribution in [3.63, 3.8) is 0 Å². The molecule has 0 bridgehead atoms. The van der Waals surface area contributed by atoms with Crippen LogP contribution < -0.4 is 4.90 Å². The Labute approximate surface area is 179 Å². The molecule has 30 heavy (non-hydrogen) atoms. The van der Waals surface area contributed by atoms with Gasteiger partial charge in [0, 0.05) is 37.7 Å². The van der Waals surface area contributed by atoms with E-state index in [0.717, 1.165) is 31.7 Å². The normalized spacial score (nSPS) is 21.8.